The molecule has 0 saturated heterocycles. The molecule has 0 aliphatic rings. The predicted octanol–water partition coefficient (Wildman–Crippen LogP) is 4.90. The van der Waals surface area contributed by atoms with E-state index in [0.717, 1.165) is 32.6 Å². The third-order valence-electron chi connectivity index (χ3n) is 2.93. The lowest BCUT2D eigenvalue weighted by Gasteiger charge is -2.12. The highest BCUT2D eigenvalue weighted by Gasteiger charge is 2.08. The smallest absolute Gasteiger partial charge is 0.141 e. The van der Waals surface area contributed by atoms with Gasteiger partial charge in [0.25, 0.3) is 0 Å². The van der Waals surface area contributed by atoms with Gasteiger partial charge in [-0.3, -0.25) is 0 Å². The molecule has 2 N–H and O–H groups in total. The summed E-state index contributed by atoms with van der Waals surface area (Å²) in [5, 5.41) is 0. The highest BCUT2D eigenvalue weighted by Crippen LogP contribution is 2.34. The van der Waals surface area contributed by atoms with E-state index in [9.17, 15) is 0 Å². The predicted molar refractivity (Wildman–Crippen MR) is 92.3 cm³/mol. The van der Waals surface area contributed by atoms with Crippen molar-refractivity contribution in [3.05, 3.63) is 50.9 Å². The summed E-state index contributed by atoms with van der Waals surface area (Å²) in [6.07, 6.45) is 0.826. The number of benzene rings is 2. The molecule has 1 atom stereocenters. The molecule has 0 aliphatic carbocycles. The second kappa shape index (κ2) is 7.29. The standard InChI is InChI=1S/C16H17Br2NO2/c1-10(19)7-11-3-4-13(9-14(11)17)21-16-6-5-12(20-2)8-15(16)18/h3-6,8-10H,7,19H2,1-2H3. The number of ether oxygens (including phenoxy) is 2. The van der Waals surface area contributed by atoms with Crippen LogP contribution in [-0.2, 0) is 6.42 Å². The van der Waals surface area contributed by atoms with Gasteiger partial charge in [0.05, 0.1) is 11.6 Å². The molecule has 0 amide bonds. The van der Waals surface area contributed by atoms with Crippen molar-refractivity contribution in [2.24, 2.45) is 5.73 Å². The van der Waals surface area contributed by atoms with Gasteiger partial charge >= 0.3 is 0 Å². The van der Waals surface area contributed by atoms with E-state index in [4.69, 9.17) is 15.2 Å². The quantitative estimate of drug-likeness (QED) is 0.756. The summed E-state index contributed by atoms with van der Waals surface area (Å²) in [4.78, 5) is 0. The first kappa shape index (κ1) is 16.3. The molecule has 21 heavy (non-hydrogen) atoms. The van der Waals surface area contributed by atoms with Crippen LogP contribution in [0.5, 0.6) is 17.2 Å². The van der Waals surface area contributed by atoms with E-state index in [1.807, 2.05) is 43.3 Å². The molecule has 2 aromatic rings. The molecule has 0 fully saturated rings. The van der Waals surface area contributed by atoms with Crippen molar-refractivity contribution < 1.29 is 9.47 Å². The summed E-state index contributed by atoms with van der Waals surface area (Å²) in [6, 6.07) is 11.7. The third kappa shape index (κ3) is 4.46. The Bertz CT molecular complexity index is 630. The van der Waals surface area contributed by atoms with Crippen LogP contribution >= 0.6 is 31.9 Å². The van der Waals surface area contributed by atoms with Crippen molar-refractivity contribution in [1.29, 1.82) is 0 Å². The Labute approximate surface area is 141 Å². The Kier molecular flexibility index (Phi) is 5.67. The fraction of sp³-hybridized carbons (Fsp3) is 0.250. The van der Waals surface area contributed by atoms with Crippen LogP contribution in [0.2, 0.25) is 0 Å². The molecule has 0 radical (unpaired) electrons. The maximum atomic E-state index is 5.89. The summed E-state index contributed by atoms with van der Waals surface area (Å²) in [5.74, 6) is 2.28. The van der Waals surface area contributed by atoms with E-state index in [0.29, 0.717) is 0 Å². The molecule has 2 rings (SSSR count). The normalized spacial score (nSPS) is 12.0. The van der Waals surface area contributed by atoms with E-state index in [2.05, 4.69) is 31.9 Å². The molecule has 0 aromatic heterocycles. The lowest BCUT2D eigenvalue weighted by molar-refractivity contribution is 0.412. The largest absolute Gasteiger partial charge is 0.497 e. The lowest BCUT2D eigenvalue weighted by atomic mass is 10.1. The summed E-state index contributed by atoms with van der Waals surface area (Å²) in [7, 11) is 1.64. The Morgan fingerprint density at radius 2 is 1.71 bits per heavy atom. The maximum Gasteiger partial charge on any atom is 0.141 e. The average Bonchev–Trinajstić information content (AvgIpc) is 2.43. The lowest BCUT2D eigenvalue weighted by Crippen LogP contribution is -2.17. The number of hydrogen-bond donors (Lipinski definition) is 1. The van der Waals surface area contributed by atoms with Crippen LogP contribution < -0.4 is 15.2 Å². The van der Waals surface area contributed by atoms with Crippen molar-refractivity contribution >= 4 is 31.9 Å². The van der Waals surface area contributed by atoms with Gasteiger partial charge in [0.2, 0.25) is 0 Å². The Morgan fingerprint density at radius 3 is 2.29 bits per heavy atom. The molecule has 0 bridgehead atoms. The van der Waals surface area contributed by atoms with Crippen LogP contribution in [0.3, 0.4) is 0 Å². The van der Waals surface area contributed by atoms with Gasteiger partial charge in [0, 0.05) is 10.5 Å². The van der Waals surface area contributed by atoms with Crippen molar-refractivity contribution in [1.82, 2.24) is 0 Å². The van der Waals surface area contributed by atoms with Gasteiger partial charge < -0.3 is 15.2 Å². The number of methoxy groups -OCH3 is 1. The molecule has 2 aromatic carbocycles. The fourth-order valence-corrected chi connectivity index (χ4v) is 2.88. The maximum absolute atomic E-state index is 5.89. The Hall–Kier alpha value is -1.04. The van der Waals surface area contributed by atoms with Crippen LogP contribution in [0.4, 0.5) is 0 Å². The van der Waals surface area contributed by atoms with Gasteiger partial charge in [-0.2, -0.15) is 0 Å². The molecular weight excluding hydrogens is 398 g/mol. The van der Waals surface area contributed by atoms with Crippen molar-refractivity contribution in [2.75, 3.05) is 7.11 Å². The molecule has 112 valence electrons. The molecule has 5 heteroatoms. The zero-order valence-corrected chi connectivity index (χ0v) is 15.1. The first-order chi connectivity index (χ1) is 9.99. The third-order valence-corrected chi connectivity index (χ3v) is 4.29. The second-order valence-electron chi connectivity index (χ2n) is 4.83. The van der Waals surface area contributed by atoms with E-state index < -0.39 is 0 Å². The Morgan fingerprint density at radius 1 is 1.05 bits per heavy atom. The number of rotatable bonds is 5. The Balaban J connectivity index is 2.18. The zero-order chi connectivity index (χ0) is 15.4. The second-order valence-corrected chi connectivity index (χ2v) is 6.54. The molecule has 0 heterocycles. The average molecular weight is 415 g/mol. The molecule has 1 unspecified atom stereocenters. The van der Waals surface area contributed by atoms with Crippen LogP contribution in [0.25, 0.3) is 0 Å². The summed E-state index contributed by atoms with van der Waals surface area (Å²) < 4.78 is 12.9. The van der Waals surface area contributed by atoms with Crippen molar-refractivity contribution in [3.8, 4) is 17.2 Å². The highest BCUT2D eigenvalue weighted by molar-refractivity contribution is 9.10. The van der Waals surface area contributed by atoms with Crippen molar-refractivity contribution in [3.63, 3.8) is 0 Å². The van der Waals surface area contributed by atoms with Crippen LogP contribution in [-0.4, -0.2) is 13.2 Å². The fourth-order valence-electron chi connectivity index (χ4n) is 1.92. The van der Waals surface area contributed by atoms with Crippen LogP contribution in [0.1, 0.15) is 12.5 Å². The number of halogens is 2. The first-order valence-electron chi connectivity index (χ1n) is 6.55. The van der Waals surface area contributed by atoms with E-state index in [-0.39, 0.29) is 6.04 Å². The molecular formula is C16H17Br2NO2. The molecule has 3 nitrogen and oxygen atoms in total. The van der Waals surface area contributed by atoms with Gasteiger partial charge in [-0.25, -0.2) is 0 Å². The number of nitrogens with two attached hydrogens (primary N) is 1. The van der Waals surface area contributed by atoms with Gasteiger partial charge in [-0.05, 0) is 65.2 Å². The van der Waals surface area contributed by atoms with Crippen LogP contribution in [0.15, 0.2) is 45.3 Å². The van der Waals surface area contributed by atoms with E-state index >= 15 is 0 Å². The minimum absolute atomic E-state index is 0.129. The van der Waals surface area contributed by atoms with Crippen LogP contribution in [0, 0.1) is 0 Å². The van der Waals surface area contributed by atoms with Gasteiger partial charge in [-0.1, -0.05) is 22.0 Å². The monoisotopic (exact) mass is 413 g/mol. The summed E-state index contributed by atoms with van der Waals surface area (Å²) >= 11 is 7.04. The molecule has 0 aliphatic heterocycles. The number of hydrogen-bond acceptors (Lipinski definition) is 3. The topological polar surface area (TPSA) is 44.5 Å². The van der Waals surface area contributed by atoms with Gasteiger partial charge in [0.15, 0.2) is 0 Å². The first-order valence-corrected chi connectivity index (χ1v) is 8.13. The van der Waals surface area contributed by atoms with Gasteiger partial charge in [0.1, 0.15) is 17.2 Å². The summed E-state index contributed by atoms with van der Waals surface area (Å²) in [6.45, 7) is 1.99. The minimum Gasteiger partial charge on any atom is -0.497 e. The molecule has 0 spiro atoms. The zero-order valence-electron chi connectivity index (χ0n) is 11.9. The van der Waals surface area contributed by atoms with E-state index in [1.54, 1.807) is 7.11 Å². The highest BCUT2D eigenvalue weighted by atomic mass is 79.9. The van der Waals surface area contributed by atoms with E-state index in [1.165, 1.54) is 5.56 Å². The summed E-state index contributed by atoms with van der Waals surface area (Å²) in [5.41, 5.74) is 7.00. The minimum atomic E-state index is 0.129. The van der Waals surface area contributed by atoms with Crippen molar-refractivity contribution in [2.45, 2.75) is 19.4 Å². The van der Waals surface area contributed by atoms with Gasteiger partial charge in [-0.15, -0.1) is 0 Å². The molecule has 0 saturated carbocycles. The SMILES string of the molecule is COc1ccc(Oc2ccc(CC(C)N)c(Br)c2)c(Br)c1.